The van der Waals surface area contributed by atoms with Gasteiger partial charge < -0.3 is 9.47 Å². The van der Waals surface area contributed by atoms with Gasteiger partial charge in [0.05, 0.1) is 13.2 Å². The molecule has 1 rings (SSSR count). The van der Waals surface area contributed by atoms with Gasteiger partial charge in [0.2, 0.25) is 0 Å². The van der Waals surface area contributed by atoms with Gasteiger partial charge in [-0.15, -0.1) is 0 Å². The lowest BCUT2D eigenvalue weighted by atomic mass is 9.89. The molecule has 0 aromatic heterocycles. The molecule has 1 unspecified atom stereocenters. The van der Waals surface area contributed by atoms with Crippen LogP contribution in [0.2, 0.25) is 0 Å². The number of ether oxygens (including phenoxy) is 2. The highest BCUT2D eigenvalue weighted by molar-refractivity contribution is 9.10. The van der Waals surface area contributed by atoms with Gasteiger partial charge in [0.15, 0.2) is 17.3 Å². The predicted octanol–water partition coefficient (Wildman–Crippen LogP) is 4.72. The Morgan fingerprint density at radius 1 is 1.10 bits per heavy atom. The van der Waals surface area contributed by atoms with Crippen molar-refractivity contribution in [2.24, 2.45) is 11.8 Å². The Balaban J connectivity index is 3.20. The lowest BCUT2D eigenvalue weighted by Gasteiger charge is -2.18. The number of rotatable bonds is 7. The van der Waals surface area contributed by atoms with Gasteiger partial charge >= 0.3 is 0 Å². The Bertz CT molecular complexity index is 469. The van der Waals surface area contributed by atoms with Crippen LogP contribution in [0, 0.1) is 11.8 Å². The number of hydrogen-bond acceptors (Lipinski definition) is 3. The molecule has 0 radical (unpaired) electrons. The monoisotopic (exact) mass is 342 g/mol. The van der Waals surface area contributed by atoms with Crippen molar-refractivity contribution in [3.63, 3.8) is 0 Å². The molecule has 1 atom stereocenters. The van der Waals surface area contributed by atoms with E-state index >= 15 is 0 Å². The Morgan fingerprint density at radius 2 is 1.60 bits per heavy atom. The number of ketones is 1. The summed E-state index contributed by atoms with van der Waals surface area (Å²) in [5.74, 6) is 1.68. The highest BCUT2D eigenvalue weighted by atomic mass is 79.9. The second kappa shape index (κ2) is 7.67. The van der Waals surface area contributed by atoms with E-state index in [-0.39, 0.29) is 11.7 Å². The summed E-state index contributed by atoms with van der Waals surface area (Å²) >= 11 is 3.46. The topological polar surface area (TPSA) is 35.5 Å². The van der Waals surface area contributed by atoms with E-state index in [0.29, 0.717) is 36.2 Å². The summed E-state index contributed by atoms with van der Waals surface area (Å²) in [6.07, 6.45) is 0. The molecular weight excluding hydrogens is 320 g/mol. The minimum atomic E-state index is -0.0290. The van der Waals surface area contributed by atoms with Crippen molar-refractivity contribution >= 4 is 21.7 Å². The van der Waals surface area contributed by atoms with E-state index in [4.69, 9.17) is 9.47 Å². The zero-order valence-corrected chi connectivity index (χ0v) is 14.4. The second-order valence-corrected chi connectivity index (χ2v) is 5.90. The molecule has 0 saturated heterocycles. The van der Waals surface area contributed by atoms with Crippen LogP contribution in [0.3, 0.4) is 0 Å². The average molecular weight is 343 g/mol. The Morgan fingerprint density at radius 3 is 2.05 bits per heavy atom. The van der Waals surface area contributed by atoms with E-state index < -0.39 is 0 Å². The number of halogens is 1. The second-order valence-electron chi connectivity index (χ2n) is 5.04. The van der Waals surface area contributed by atoms with Crippen molar-refractivity contribution in [3.8, 4) is 11.5 Å². The molecular formula is C16H23BrO3. The number of carbonyl (C=O) groups excluding carboxylic acids is 1. The van der Waals surface area contributed by atoms with Crippen LogP contribution in [-0.4, -0.2) is 19.0 Å². The summed E-state index contributed by atoms with van der Waals surface area (Å²) in [6, 6.07) is 3.59. The van der Waals surface area contributed by atoms with Gasteiger partial charge in [0.1, 0.15) is 0 Å². The summed E-state index contributed by atoms with van der Waals surface area (Å²) in [4.78, 5) is 12.5. The van der Waals surface area contributed by atoms with Crippen LogP contribution in [0.5, 0.6) is 11.5 Å². The highest BCUT2D eigenvalue weighted by Gasteiger charge is 2.22. The molecule has 1 aromatic carbocycles. The van der Waals surface area contributed by atoms with Gasteiger partial charge in [-0.25, -0.2) is 0 Å². The van der Waals surface area contributed by atoms with Crippen molar-refractivity contribution in [1.29, 1.82) is 0 Å². The first-order chi connectivity index (χ1) is 9.42. The molecule has 112 valence electrons. The van der Waals surface area contributed by atoms with Gasteiger partial charge in [0.25, 0.3) is 0 Å². The molecule has 0 spiro atoms. The molecule has 0 aliphatic heterocycles. The van der Waals surface area contributed by atoms with Crippen LogP contribution in [-0.2, 0) is 0 Å². The summed E-state index contributed by atoms with van der Waals surface area (Å²) in [7, 11) is 0. The van der Waals surface area contributed by atoms with Gasteiger partial charge in [-0.05, 0) is 47.8 Å². The molecule has 4 heteroatoms. The third-order valence-electron chi connectivity index (χ3n) is 3.31. The van der Waals surface area contributed by atoms with Crippen LogP contribution >= 0.6 is 15.9 Å². The van der Waals surface area contributed by atoms with Crippen LogP contribution in [0.25, 0.3) is 0 Å². The van der Waals surface area contributed by atoms with E-state index in [1.807, 2.05) is 26.8 Å². The highest BCUT2D eigenvalue weighted by Crippen LogP contribution is 2.35. The minimum Gasteiger partial charge on any atom is -0.490 e. The third-order valence-corrected chi connectivity index (χ3v) is 3.97. The van der Waals surface area contributed by atoms with E-state index in [2.05, 4.69) is 29.8 Å². The molecule has 3 nitrogen and oxygen atoms in total. The fraction of sp³-hybridized carbons (Fsp3) is 0.562. The zero-order chi connectivity index (χ0) is 15.3. The Kier molecular flexibility index (Phi) is 6.53. The van der Waals surface area contributed by atoms with E-state index in [1.165, 1.54) is 0 Å². The number of carbonyl (C=O) groups is 1. The molecule has 20 heavy (non-hydrogen) atoms. The number of benzene rings is 1. The van der Waals surface area contributed by atoms with Gasteiger partial charge in [-0.3, -0.25) is 4.79 Å². The van der Waals surface area contributed by atoms with Crippen molar-refractivity contribution in [3.05, 3.63) is 22.2 Å². The molecule has 0 fully saturated rings. The number of Topliss-reactive ketones (excluding diaryl/α,β-unsaturated/α-hetero) is 1. The van der Waals surface area contributed by atoms with Crippen LogP contribution in [0.15, 0.2) is 16.6 Å². The summed E-state index contributed by atoms with van der Waals surface area (Å²) in [5, 5.41) is 0. The smallest absolute Gasteiger partial charge is 0.167 e. The molecule has 0 bridgehead atoms. The first-order valence-electron chi connectivity index (χ1n) is 7.05. The molecule has 0 amide bonds. The summed E-state index contributed by atoms with van der Waals surface area (Å²) in [5.41, 5.74) is 0.651. The summed E-state index contributed by atoms with van der Waals surface area (Å²) in [6.45, 7) is 11.0. The fourth-order valence-electron chi connectivity index (χ4n) is 1.81. The lowest BCUT2D eigenvalue weighted by molar-refractivity contribution is 0.0898. The molecule has 0 saturated carbocycles. The van der Waals surface area contributed by atoms with Gasteiger partial charge in [-0.2, -0.15) is 0 Å². The maximum absolute atomic E-state index is 12.5. The standard InChI is InChI=1S/C16H23BrO3/c1-6-19-14-8-12(16(18)11(5)10(3)4)13(17)9-15(14)20-7-2/h8-11H,6-7H2,1-5H3. The Labute approximate surface area is 129 Å². The van der Waals surface area contributed by atoms with Crippen molar-refractivity contribution in [1.82, 2.24) is 0 Å². The zero-order valence-electron chi connectivity index (χ0n) is 12.8. The van der Waals surface area contributed by atoms with Gasteiger partial charge in [0, 0.05) is 16.0 Å². The SMILES string of the molecule is CCOc1cc(Br)c(C(=O)C(C)C(C)C)cc1OCC. The average Bonchev–Trinajstić information content (AvgIpc) is 2.40. The van der Waals surface area contributed by atoms with Crippen molar-refractivity contribution in [2.45, 2.75) is 34.6 Å². The maximum Gasteiger partial charge on any atom is 0.167 e. The normalized spacial score (nSPS) is 12.3. The molecule has 0 aliphatic rings. The minimum absolute atomic E-state index is 0.0290. The molecule has 1 aromatic rings. The maximum atomic E-state index is 12.5. The van der Waals surface area contributed by atoms with Crippen LogP contribution in [0.4, 0.5) is 0 Å². The summed E-state index contributed by atoms with van der Waals surface area (Å²) < 4.78 is 11.9. The lowest BCUT2D eigenvalue weighted by Crippen LogP contribution is -2.17. The first kappa shape index (κ1) is 17.0. The quantitative estimate of drug-likeness (QED) is 0.672. The van der Waals surface area contributed by atoms with E-state index in [0.717, 1.165) is 4.47 Å². The molecule has 0 aliphatic carbocycles. The van der Waals surface area contributed by atoms with E-state index in [9.17, 15) is 4.79 Å². The Hall–Kier alpha value is -1.03. The van der Waals surface area contributed by atoms with Crippen LogP contribution in [0.1, 0.15) is 45.0 Å². The third kappa shape index (κ3) is 3.98. The van der Waals surface area contributed by atoms with Gasteiger partial charge in [-0.1, -0.05) is 20.8 Å². The van der Waals surface area contributed by atoms with Crippen molar-refractivity contribution < 1.29 is 14.3 Å². The van der Waals surface area contributed by atoms with E-state index in [1.54, 1.807) is 6.07 Å². The van der Waals surface area contributed by atoms with Crippen LogP contribution < -0.4 is 9.47 Å². The first-order valence-corrected chi connectivity index (χ1v) is 7.84. The van der Waals surface area contributed by atoms with Crippen molar-refractivity contribution in [2.75, 3.05) is 13.2 Å². The largest absolute Gasteiger partial charge is 0.490 e. The fourth-order valence-corrected chi connectivity index (χ4v) is 2.33. The number of hydrogen-bond donors (Lipinski definition) is 0. The molecule has 0 N–H and O–H groups in total. The molecule has 0 heterocycles. The predicted molar refractivity (Wildman–Crippen MR) is 84.8 cm³/mol.